The van der Waals surface area contributed by atoms with Crippen molar-refractivity contribution < 1.29 is 14.3 Å². The van der Waals surface area contributed by atoms with Crippen molar-refractivity contribution >= 4 is 14.4 Å². The highest BCUT2D eigenvalue weighted by molar-refractivity contribution is 6.74. The molecular formula is C22H35NO3Si. The molecule has 150 valence electrons. The van der Waals surface area contributed by atoms with Gasteiger partial charge in [-0.3, -0.25) is 4.90 Å². The van der Waals surface area contributed by atoms with Gasteiger partial charge in [-0.25, -0.2) is 4.79 Å². The number of amides is 1. The number of benzene rings is 1. The van der Waals surface area contributed by atoms with Crippen molar-refractivity contribution in [2.45, 2.75) is 76.2 Å². The number of hydrogen-bond acceptors (Lipinski definition) is 2. The van der Waals surface area contributed by atoms with E-state index >= 15 is 0 Å². The normalized spacial score (nSPS) is 23.9. The average molecular weight is 390 g/mol. The topological polar surface area (TPSA) is 49.8 Å². The zero-order valence-corrected chi connectivity index (χ0v) is 18.5. The Bertz CT molecular complexity index is 653. The number of hydrogen-bond donors (Lipinski definition) is 1. The summed E-state index contributed by atoms with van der Waals surface area (Å²) < 4.78 is 6.85. The van der Waals surface area contributed by atoms with Crippen LogP contribution in [0.1, 0.15) is 45.6 Å². The highest BCUT2D eigenvalue weighted by Gasteiger charge is 2.51. The largest absolute Gasteiger partial charge is 0.465 e. The number of rotatable bonds is 6. The number of nitrogens with zero attached hydrogens (tertiary/aromatic N) is 1. The van der Waals surface area contributed by atoms with Crippen LogP contribution in [-0.4, -0.2) is 42.6 Å². The number of carbonyl (C=O) groups is 1. The first-order chi connectivity index (χ1) is 12.5. The average Bonchev–Trinajstić information content (AvgIpc) is 2.56. The van der Waals surface area contributed by atoms with Crippen LogP contribution in [0.5, 0.6) is 0 Å². The molecule has 0 radical (unpaired) electrons. The molecule has 1 aromatic rings. The summed E-state index contributed by atoms with van der Waals surface area (Å²) in [4.78, 5) is 13.8. The molecule has 0 aliphatic carbocycles. The maximum atomic E-state index is 12.2. The molecule has 1 aliphatic rings. The zero-order valence-electron chi connectivity index (χ0n) is 17.5. The lowest BCUT2D eigenvalue weighted by atomic mass is 9.76. The van der Waals surface area contributed by atoms with E-state index in [9.17, 15) is 9.90 Å². The minimum Gasteiger partial charge on any atom is -0.465 e. The molecule has 4 nitrogen and oxygen atoms in total. The van der Waals surface area contributed by atoms with Gasteiger partial charge in [-0.1, -0.05) is 57.2 Å². The predicted octanol–water partition coefficient (Wildman–Crippen LogP) is 5.71. The summed E-state index contributed by atoms with van der Waals surface area (Å²) in [5.74, 6) is 0. The number of piperidine rings is 1. The van der Waals surface area contributed by atoms with E-state index in [1.54, 1.807) is 4.90 Å². The minimum atomic E-state index is -2.05. The van der Waals surface area contributed by atoms with Crippen LogP contribution in [0.25, 0.3) is 0 Å². The second kappa shape index (κ2) is 8.19. The molecule has 1 amide bonds. The van der Waals surface area contributed by atoms with Crippen molar-refractivity contribution in [2.24, 2.45) is 0 Å². The molecule has 2 rings (SSSR count). The zero-order chi connectivity index (χ0) is 20.3. The van der Waals surface area contributed by atoms with Gasteiger partial charge >= 0.3 is 6.09 Å². The second-order valence-corrected chi connectivity index (χ2v) is 14.0. The van der Waals surface area contributed by atoms with Crippen molar-refractivity contribution in [1.82, 2.24) is 4.90 Å². The van der Waals surface area contributed by atoms with Crippen LogP contribution in [0.15, 0.2) is 43.0 Å². The maximum absolute atomic E-state index is 12.2. The molecule has 0 spiro atoms. The second-order valence-electron chi connectivity index (χ2n) is 9.20. The molecule has 1 aromatic carbocycles. The lowest BCUT2D eigenvalue weighted by molar-refractivity contribution is -0.0442. The first-order valence-electron chi connectivity index (χ1n) is 9.87. The monoisotopic (exact) mass is 389 g/mol. The van der Waals surface area contributed by atoms with E-state index < -0.39 is 19.9 Å². The Morgan fingerprint density at radius 2 is 2.00 bits per heavy atom. The third-order valence-electron chi connectivity index (χ3n) is 6.31. The van der Waals surface area contributed by atoms with Gasteiger partial charge in [0.1, 0.15) is 0 Å². The van der Waals surface area contributed by atoms with Crippen molar-refractivity contribution in [1.29, 1.82) is 0 Å². The van der Waals surface area contributed by atoms with Gasteiger partial charge < -0.3 is 9.53 Å². The molecule has 1 fully saturated rings. The molecule has 5 heteroatoms. The fourth-order valence-corrected chi connectivity index (χ4v) is 5.21. The smallest absolute Gasteiger partial charge is 0.407 e. The quantitative estimate of drug-likeness (QED) is 0.501. The number of likely N-dealkylation sites (tertiary alicyclic amines) is 1. The van der Waals surface area contributed by atoms with E-state index in [1.807, 2.05) is 24.3 Å². The molecular weight excluding hydrogens is 354 g/mol. The third kappa shape index (κ3) is 4.64. The first kappa shape index (κ1) is 21.7. The molecule has 0 bridgehead atoms. The highest BCUT2D eigenvalue weighted by Crippen LogP contribution is 2.43. The fourth-order valence-electron chi connectivity index (χ4n) is 3.81. The molecule has 1 saturated heterocycles. The van der Waals surface area contributed by atoms with Gasteiger partial charge in [0, 0.05) is 6.54 Å². The molecule has 2 atom stereocenters. The van der Waals surface area contributed by atoms with Gasteiger partial charge in [0.15, 0.2) is 8.32 Å². The van der Waals surface area contributed by atoms with E-state index in [-0.39, 0.29) is 11.1 Å². The Labute approximate surface area is 165 Å². The Balaban J connectivity index is 2.49. The van der Waals surface area contributed by atoms with E-state index in [0.717, 1.165) is 18.4 Å². The van der Waals surface area contributed by atoms with Crippen molar-refractivity contribution in [3.8, 4) is 0 Å². The van der Waals surface area contributed by atoms with Gasteiger partial charge in [0.2, 0.25) is 0 Å². The lowest BCUT2D eigenvalue weighted by Gasteiger charge is -2.53. The summed E-state index contributed by atoms with van der Waals surface area (Å²) >= 11 is 0. The Kier molecular flexibility index (Phi) is 6.58. The van der Waals surface area contributed by atoms with Crippen LogP contribution in [-0.2, 0) is 10.8 Å². The number of carboxylic acid groups (broad SMARTS) is 1. The summed E-state index contributed by atoms with van der Waals surface area (Å²) in [7, 11) is -2.05. The minimum absolute atomic E-state index is 0.0746. The summed E-state index contributed by atoms with van der Waals surface area (Å²) in [5.41, 5.74) is 0.527. The van der Waals surface area contributed by atoms with Crippen molar-refractivity contribution in [3.05, 3.63) is 48.6 Å². The molecule has 27 heavy (non-hydrogen) atoms. The van der Waals surface area contributed by atoms with Crippen LogP contribution in [0.3, 0.4) is 0 Å². The van der Waals surface area contributed by atoms with E-state index in [1.165, 1.54) is 0 Å². The van der Waals surface area contributed by atoms with E-state index in [0.29, 0.717) is 19.4 Å². The third-order valence-corrected chi connectivity index (χ3v) is 10.8. The van der Waals surface area contributed by atoms with E-state index in [4.69, 9.17) is 4.43 Å². The van der Waals surface area contributed by atoms with E-state index in [2.05, 4.69) is 52.6 Å². The highest BCUT2D eigenvalue weighted by atomic mass is 28.4. The molecule has 0 aromatic heterocycles. The first-order valence-corrected chi connectivity index (χ1v) is 12.8. The SMILES string of the molecule is C=CC[C@@]1(Cc2ccccc2)[C@@H](O[Si](C)(C)C(C)(C)C)CCCN1C(=O)O. The van der Waals surface area contributed by atoms with Crippen LogP contribution in [0.2, 0.25) is 18.1 Å². The summed E-state index contributed by atoms with van der Waals surface area (Å²) in [6.07, 6.45) is 3.82. The molecule has 0 saturated carbocycles. The predicted molar refractivity (Wildman–Crippen MR) is 114 cm³/mol. The van der Waals surface area contributed by atoms with Crippen molar-refractivity contribution in [2.75, 3.05) is 6.54 Å². The van der Waals surface area contributed by atoms with Gasteiger partial charge in [-0.2, -0.15) is 0 Å². The van der Waals surface area contributed by atoms with Gasteiger partial charge in [0.05, 0.1) is 11.6 Å². The van der Waals surface area contributed by atoms with Crippen LogP contribution >= 0.6 is 0 Å². The summed E-state index contributed by atoms with van der Waals surface area (Å²) in [6, 6.07) is 10.2. The summed E-state index contributed by atoms with van der Waals surface area (Å²) in [6.45, 7) is 15.7. The van der Waals surface area contributed by atoms with Crippen LogP contribution in [0.4, 0.5) is 4.79 Å². The summed E-state index contributed by atoms with van der Waals surface area (Å²) in [5, 5.41) is 10.1. The Morgan fingerprint density at radius 1 is 1.37 bits per heavy atom. The Morgan fingerprint density at radius 3 is 2.52 bits per heavy atom. The standard InChI is InChI=1S/C22H35NO3Si/c1-7-15-22(17-18-12-9-8-10-13-18)19(14-11-16-23(22)20(24)25)26-27(5,6)21(2,3)4/h7-10,12-13,19H,1,11,14-17H2,2-6H3,(H,24,25)/t19-,22+/m0/s1. The van der Waals surface area contributed by atoms with Crippen LogP contribution < -0.4 is 0 Å². The molecule has 1 N–H and O–H groups in total. The molecule has 1 heterocycles. The van der Waals surface area contributed by atoms with Gasteiger partial charge in [-0.05, 0) is 49.4 Å². The van der Waals surface area contributed by atoms with Crippen LogP contribution in [0, 0.1) is 0 Å². The van der Waals surface area contributed by atoms with Gasteiger partial charge in [-0.15, -0.1) is 6.58 Å². The molecule has 1 aliphatic heterocycles. The fraction of sp³-hybridized carbons (Fsp3) is 0.591. The lowest BCUT2D eigenvalue weighted by Crippen LogP contribution is -2.65. The van der Waals surface area contributed by atoms with Gasteiger partial charge in [0.25, 0.3) is 0 Å². The Hall–Kier alpha value is -1.59. The molecule has 0 unspecified atom stereocenters. The maximum Gasteiger partial charge on any atom is 0.407 e. The van der Waals surface area contributed by atoms with Crippen molar-refractivity contribution in [3.63, 3.8) is 0 Å².